The normalized spacial score (nSPS) is 14.6. The van der Waals surface area contributed by atoms with E-state index in [1.165, 1.54) is 148 Å². The molecule has 0 aromatic carbocycles. The minimum Gasteiger partial charge on any atom is -0.462 e. The molecule has 0 spiro atoms. The van der Waals surface area contributed by atoms with Gasteiger partial charge in [0.15, 0.2) is 12.2 Å². The van der Waals surface area contributed by atoms with E-state index in [9.17, 15) is 43.2 Å². The topological polar surface area (TPSA) is 237 Å². The van der Waals surface area contributed by atoms with Crippen LogP contribution >= 0.6 is 15.6 Å². The molecular weight excluding hydrogens is 1230 g/mol. The molecule has 0 radical (unpaired) electrons. The van der Waals surface area contributed by atoms with Crippen molar-refractivity contribution in [2.75, 3.05) is 39.6 Å². The third-order valence-electron chi connectivity index (χ3n) is 17.1. The fourth-order valence-corrected chi connectivity index (χ4v) is 12.4. The smallest absolute Gasteiger partial charge is 0.462 e. The number of hydrogen-bond acceptors (Lipinski definition) is 15. The van der Waals surface area contributed by atoms with Gasteiger partial charge in [-0.05, 0) is 69.1 Å². The summed E-state index contributed by atoms with van der Waals surface area (Å²) in [5.41, 5.74) is 0. The first-order valence-electron chi connectivity index (χ1n) is 38.2. The molecule has 554 valence electrons. The minimum absolute atomic E-state index is 0.0838. The highest BCUT2D eigenvalue weighted by atomic mass is 31.2. The molecule has 0 heterocycles. The van der Waals surface area contributed by atoms with Crippen LogP contribution in [0, 0.1) is 17.8 Å². The van der Waals surface area contributed by atoms with Gasteiger partial charge in [-0.15, -0.1) is 0 Å². The Morgan fingerprint density at radius 1 is 0.351 bits per heavy atom. The van der Waals surface area contributed by atoms with Crippen molar-refractivity contribution in [3.05, 3.63) is 24.3 Å². The highest BCUT2D eigenvalue weighted by Crippen LogP contribution is 2.45. The van der Waals surface area contributed by atoms with Gasteiger partial charge >= 0.3 is 39.5 Å². The van der Waals surface area contributed by atoms with Crippen molar-refractivity contribution in [3.63, 3.8) is 0 Å². The van der Waals surface area contributed by atoms with E-state index in [1.807, 2.05) is 0 Å². The van der Waals surface area contributed by atoms with E-state index in [0.717, 1.165) is 127 Å². The zero-order valence-corrected chi connectivity index (χ0v) is 62.7. The van der Waals surface area contributed by atoms with E-state index >= 15 is 0 Å². The number of rotatable bonds is 71. The lowest BCUT2D eigenvalue weighted by molar-refractivity contribution is -0.161. The molecule has 0 saturated heterocycles. The van der Waals surface area contributed by atoms with E-state index in [4.69, 9.17) is 37.0 Å². The van der Waals surface area contributed by atoms with E-state index in [0.29, 0.717) is 25.7 Å². The van der Waals surface area contributed by atoms with Gasteiger partial charge in [0.25, 0.3) is 0 Å². The largest absolute Gasteiger partial charge is 0.472 e. The van der Waals surface area contributed by atoms with Crippen molar-refractivity contribution in [2.24, 2.45) is 17.8 Å². The van der Waals surface area contributed by atoms with Crippen LogP contribution < -0.4 is 0 Å². The Labute approximate surface area is 573 Å². The summed E-state index contributed by atoms with van der Waals surface area (Å²) in [7, 11) is -9.92. The molecule has 17 nitrogen and oxygen atoms in total. The molecule has 0 rings (SSSR count). The fraction of sp³-hybridized carbons (Fsp3) is 0.893. The Bertz CT molecular complexity index is 1930. The van der Waals surface area contributed by atoms with Gasteiger partial charge in [0.05, 0.1) is 26.4 Å². The third-order valence-corrected chi connectivity index (χ3v) is 19.0. The van der Waals surface area contributed by atoms with Crippen LogP contribution in [0.3, 0.4) is 0 Å². The van der Waals surface area contributed by atoms with Gasteiger partial charge in [0.1, 0.15) is 19.3 Å². The molecule has 0 saturated carbocycles. The number of esters is 4. The summed E-state index contributed by atoms with van der Waals surface area (Å²) in [5.74, 6) is 0.116. The van der Waals surface area contributed by atoms with Crippen molar-refractivity contribution in [3.8, 4) is 0 Å². The average Bonchev–Trinajstić information content (AvgIpc) is 1.69. The van der Waals surface area contributed by atoms with Gasteiger partial charge in [0, 0.05) is 25.7 Å². The second kappa shape index (κ2) is 65.2. The molecule has 6 atom stereocenters. The van der Waals surface area contributed by atoms with Crippen molar-refractivity contribution >= 4 is 39.5 Å². The summed E-state index contributed by atoms with van der Waals surface area (Å²) in [6.07, 6.45) is 53.5. The molecule has 0 aromatic heterocycles. The van der Waals surface area contributed by atoms with Crippen molar-refractivity contribution in [1.82, 2.24) is 0 Å². The first-order chi connectivity index (χ1) is 45.3. The van der Waals surface area contributed by atoms with Gasteiger partial charge < -0.3 is 33.8 Å². The average molecular weight is 1380 g/mol. The van der Waals surface area contributed by atoms with Crippen LogP contribution in [0.25, 0.3) is 0 Å². The van der Waals surface area contributed by atoms with Gasteiger partial charge in [-0.1, -0.05) is 304 Å². The minimum atomic E-state index is -4.96. The van der Waals surface area contributed by atoms with Gasteiger partial charge in [-0.3, -0.25) is 37.3 Å². The molecule has 0 amide bonds. The maximum absolute atomic E-state index is 13.1. The second-order valence-electron chi connectivity index (χ2n) is 27.5. The summed E-state index contributed by atoms with van der Waals surface area (Å²) in [6, 6.07) is 0. The molecule has 94 heavy (non-hydrogen) atoms. The van der Waals surface area contributed by atoms with Crippen molar-refractivity contribution in [2.45, 2.75) is 375 Å². The van der Waals surface area contributed by atoms with E-state index in [-0.39, 0.29) is 25.7 Å². The van der Waals surface area contributed by atoms with Gasteiger partial charge in [-0.25, -0.2) is 9.13 Å². The zero-order chi connectivity index (χ0) is 69.4. The molecule has 0 aliphatic heterocycles. The number of aliphatic hydroxyl groups is 1. The SMILES string of the molecule is CCCCCC/C=C\C=C/CCCCCCCC(=O)O[C@H](COC(=O)CCCCCCCCC(C)CC)COP(=O)(O)OC[C@H](O)COP(=O)(O)OC[C@@H](COC(=O)CCCCCCCCCCCCCCCC(C)C)OC(=O)CCCCCCCCCCCCC(C)C. The van der Waals surface area contributed by atoms with Crippen LogP contribution in [0.1, 0.15) is 357 Å². The molecule has 0 fully saturated rings. The summed E-state index contributed by atoms with van der Waals surface area (Å²) in [5, 5.41) is 10.6. The predicted molar refractivity (Wildman–Crippen MR) is 381 cm³/mol. The Morgan fingerprint density at radius 2 is 0.628 bits per heavy atom. The fourth-order valence-electron chi connectivity index (χ4n) is 10.9. The van der Waals surface area contributed by atoms with Crippen molar-refractivity contribution < 1.29 is 80.2 Å². The van der Waals surface area contributed by atoms with E-state index in [1.54, 1.807) is 0 Å². The number of carbonyl (C=O) groups is 4. The Morgan fingerprint density at radius 3 is 0.947 bits per heavy atom. The summed E-state index contributed by atoms with van der Waals surface area (Å²) >= 11 is 0. The maximum atomic E-state index is 13.1. The highest BCUT2D eigenvalue weighted by molar-refractivity contribution is 7.47. The molecule has 19 heteroatoms. The monoisotopic (exact) mass is 1380 g/mol. The zero-order valence-electron chi connectivity index (χ0n) is 60.9. The lowest BCUT2D eigenvalue weighted by Gasteiger charge is -2.21. The van der Waals surface area contributed by atoms with Crippen LogP contribution in [-0.4, -0.2) is 96.7 Å². The lowest BCUT2D eigenvalue weighted by Crippen LogP contribution is -2.30. The highest BCUT2D eigenvalue weighted by Gasteiger charge is 2.30. The molecule has 3 unspecified atom stereocenters. The molecule has 0 aliphatic rings. The summed E-state index contributed by atoms with van der Waals surface area (Å²) < 4.78 is 68.4. The van der Waals surface area contributed by atoms with E-state index in [2.05, 4.69) is 72.8 Å². The third kappa shape index (κ3) is 66.8. The van der Waals surface area contributed by atoms with E-state index < -0.39 is 97.5 Å². The van der Waals surface area contributed by atoms with Crippen molar-refractivity contribution in [1.29, 1.82) is 0 Å². The number of phosphoric ester groups is 2. The lowest BCUT2D eigenvalue weighted by atomic mass is 10.00. The first kappa shape index (κ1) is 91.5. The molecule has 0 aliphatic carbocycles. The van der Waals surface area contributed by atoms with Gasteiger partial charge in [-0.2, -0.15) is 0 Å². The molecular formula is C75H142O17P2. The summed E-state index contributed by atoms with van der Waals surface area (Å²) in [6.45, 7) is 11.8. The summed E-state index contributed by atoms with van der Waals surface area (Å²) in [4.78, 5) is 72.7. The second-order valence-corrected chi connectivity index (χ2v) is 30.5. The molecule has 0 aromatic rings. The number of allylic oxidation sites excluding steroid dienone is 4. The van der Waals surface area contributed by atoms with Crippen LogP contribution in [0.4, 0.5) is 0 Å². The van der Waals surface area contributed by atoms with Crippen LogP contribution in [0.15, 0.2) is 24.3 Å². The number of carbonyl (C=O) groups excluding carboxylic acids is 4. The number of ether oxygens (including phenoxy) is 4. The number of hydrogen-bond donors (Lipinski definition) is 3. The van der Waals surface area contributed by atoms with Crippen LogP contribution in [-0.2, 0) is 65.4 Å². The predicted octanol–water partition coefficient (Wildman–Crippen LogP) is 21.3. The number of phosphoric acid groups is 2. The maximum Gasteiger partial charge on any atom is 0.472 e. The number of aliphatic hydroxyl groups excluding tert-OH is 1. The first-order valence-corrected chi connectivity index (χ1v) is 41.2. The Hall–Kier alpha value is -2.46. The van der Waals surface area contributed by atoms with Crippen LogP contribution in [0.2, 0.25) is 0 Å². The molecule has 0 bridgehead atoms. The standard InChI is InChI=1S/C75H142O17P2/c1-8-10-11-12-13-14-15-16-17-20-24-30-35-44-51-58-74(79)92-71(63-86-73(78)57-50-43-38-37-41-48-55-68(7)9-2)65-90-94(83,84)88-61-69(76)60-87-93(81,82)89-64-70(91-75(80)59-52-45-36-31-26-25-28-33-40-47-54-67(5)6)62-85-72(77)56-49-42-34-29-23-21-18-19-22-27-32-39-46-53-66(3)4/h14-17,66-71,76H,8-13,18-65H2,1-7H3,(H,81,82)(H,83,84)/b15-14-,17-16-/t68?,69-,70-,71-/m1/s1. The van der Waals surface area contributed by atoms with Crippen LogP contribution in [0.5, 0.6) is 0 Å². The molecule has 3 N–H and O–H groups in total. The van der Waals surface area contributed by atoms with Gasteiger partial charge in [0.2, 0.25) is 0 Å². The Balaban J connectivity index is 5.28. The Kier molecular flexibility index (Phi) is 63.5. The number of unbranched alkanes of at least 4 members (excludes halogenated alkanes) is 35. The quantitative estimate of drug-likeness (QED) is 0.0169.